The van der Waals surface area contributed by atoms with Crippen molar-refractivity contribution in [3.8, 4) is 0 Å². The van der Waals surface area contributed by atoms with E-state index in [0.29, 0.717) is 11.3 Å². The number of benzene rings is 1. The summed E-state index contributed by atoms with van der Waals surface area (Å²) in [6, 6.07) is 4.30. The van der Waals surface area contributed by atoms with Crippen molar-refractivity contribution >= 4 is 23.5 Å². The highest BCUT2D eigenvalue weighted by Gasteiger charge is 2.24. The Hall–Kier alpha value is -2.41. The molecule has 1 atom stereocenters. The van der Waals surface area contributed by atoms with E-state index in [-0.39, 0.29) is 42.4 Å². The lowest BCUT2D eigenvalue weighted by atomic mass is 10.1. The third-order valence-corrected chi connectivity index (χ3v) is 4.44. The Bertz CT molecular complexity index is 668. The van der Waals surface area contributed by atoms with Gasteiger partial charge in [0.25, 0.3) is 0 Å². The third-order valence-electron chi connectivity index (χ3n) is 4.44. The Kier molecular flexibility index (Phi) is 7.15. The Labute approximate surface area is 153 Å². The molecular formula is C19H26N2O5. The molecule has 0 heterocycles. The monoisotopic (exact) mass is 362 g/mol. The number of carbonyl (C=O) groups excluding carboxylic acids is 2. The number of carboxylic acid groups (broad SMARTS) is 1. The second kappa shape index (κ2) is 9.33. The predicted octanol–water partition coefficient (Wildman–Crippen LogP) is 2.55. The van der Waals surface area contributed by atoms with E-state index in [2.05, 4.69) is 10.6 Å². The molecule has 0 bridgehead atoms. The molecule has 0 spiro atoms. The molecule has 7 heteroatoms. The molecule has 0 radical (unpaired) electrons. The van der Waals surface area contributed by atoms with Crippen molar-refractivity contribution in [2.75, 3.05) is 12.4 Å². The summed E-state index contributed by atoms with van der Waals surface area (Å²) in [5.74, 6) is -1.28. The molecule has 26 heavy (non-hydrogen) atoms. The Balaban J connectivity index is 1.93. The van der Waals surface area contributed by atoms with Gasteiger partial charge in [-0.25, -0.2) is 4.79 Å². The van der Waals surface area contributed by atoms with Crippen LogP contribution in [0.2, 0.25) is 0 Å². The molecule has 2 rings (SSSR count). The number of rotatable bonds is 8. The topological polar surface area (TPSA) is 105 Å². The van der Waals surface area contributed by atoms with Gasteiger partial charge in [0.15, 0.2) is 0 Å². The van der Waals surface area contributed by atoms with Crippen LogP contribution in [-0.4, -0.2) is 36.0 Å². The van der Waals surface area contributed by atoms with Gasteiger partial charge in [-0.3, -0.25) is 9.59 Å². The average molecular weight is 362 g/mol. The first-order valence-corrected chi connectivity index (χ1v) is 8.85. The standard InChI is InChI=1S/C19H26N2O5/c1-12(20-18(23)14-5-3-4-6-14)7-17(22)21-16-9-13(11-26-2)8-15(10-16)19(24)25/h8-10,12,14H,3-7,11H2,1-2H3,(H,20,23)(H,21,22)(H,24,25). The maximum Gasteiger partial charge on any atom is 0.335 e. The van der Waals surface area contributed by atoms with E-state index < -0.39 is 5.97 Å². The van der Waals surface area contributed by atoms with E-state index in [4.69, 9.17) is 4.74 Å². The van der Waals surface area contributed by atoms with Gasteiger partial charge in [-0.05, 0) is 43.5 Å². The van der Waals surface area contributed by atoms with Gasteiger partial charge in [0.05, 0.1) is 12.2 Å². The number of aromatic carboxylic acids is 1. The highest BCUT2D eigenvalue weighted by Crippen LogP contribution is 2.24. The van der Waals surface area contributed by atoms with Gasteiger partial charge in [-0.2, -0.15) is 0 Å². The summed E-state index contributed by atoms with van der Waals surface area (Å²) in [6.45, 7) is 2.04. The highest BCUT2D eigenvalue weighted by atomic mass is 16.5. The Morgan fingerprint density at radius 3 is 2.54 bits per heavy atom. The van der Waals surface area contributed by atoms with Gasteiger partial charge >= 0.3 is 5.97 Å². The average Bonchev–Trinajstić information content (AvgIpc) is 3.09. The molecule has 3 N–H and O–H groups in total. The van der Waals surface area contributed by atoms with Crippen LogP contribution >= 0.6 is 0 Å². The molecule has 2 amide bonds. The quantitative estimate of drug-likeness (QED) is 0.659. The lowest BCUT2D eigenvalue weighted by Crippen LogP contribution is -2.38. The van der Waals surface area contributed by atoms with Crippen LogP contribution in [-0.2, 0) is 20.9 Å². The fraction of sp³-hybridized carbons (Fsp3) is 0.526. The zero-order valence-corrected chi connectivity index (χ0v) is 15.2. The normalized spacial score (nSPS) is 15.5. The summed E-state index contributed by atoms with van der Waals surface area (Å²) in [5.41, 5.74) is 1.14. The summed E-state index contributed by atoms with van der Waals surface area (Å²) in [6.07, 6.45) is 4.10. The van der Waals surface area contributed by atoms with Gasteiger partial charge in [-0.1, -0.05) is 12.8 Å². The summed E-state index contributed by atoms with van der Waals surface area (Å²) in [5, 5.41) is 14.8. The maximum atomic E-state index is 12.2. The summed E-state index contributed by atoms with van der Waals surface area (Å²) < 4.78 is 5.03. The van der Waals surface area contributed by atoms with E-state index in [1.165, 1.54) is 19.2 Å². The van der Waals surface area contributed by atoms with Crippen molar-refractivity contribution in [1.29, 1.82) is 0 Å². The highest BCUT2D eigenvalue weighted by molar-refractivity contribution is 5.94. The van der Waals surface area contributed by atoms with Crippen molar-refractivity contribution < 1.29 is 24.2 Å². The molecular weight excluding hydrogens is 336 g/mol. The van der Waals surface area contributed by atoms with E-state index in [0.717, 1.165) is 25.7 Å². The first-order valence-electron chi connectivity index (χ1n) is 8.85. The van der Waals surface area contributed by atoms with Crippen LogP contribution in [0, 0.1) is 5.92 Å². The predicted molar refractivity (Wildman–Crippen MR) is 96.9 cm³/mol. The van der Waals surface area contributed by atoms with Crippen molar-refractivity contribution in [3.05, 3.63) is 29.3 Å². The van der Waals surface area contributed by atoms with Crippen molar-refractivity contribution in [2.24, 2.45) is 5.92 Å². The van der Waals surface area contributed by atoms with Crippen molar-refractivity contribution in [3.63, 3.8) is 0 Å². The van der Waals surface area contributed by atoms with Gasteiger partial charge in [0.2, 0.25) is 11.8 Å². The zero-order chi connectivity index (χ0) is 19.1. The van der Waals surface area contributed by atoms with E-state index >= 15 is 0 Å². The minimum absolute atomic E-state index is 0.0121. The zero-order valence-electron chi connectivity index (χ0n) is 15.2. The smallest absolute Gasteiger partial charge is 0.335 e. The molecule has 1 saturated carbocycles. The molecule has 1 aliphatic carbocycles. The molecule has 142 valence electrons. The number of carboxylic acids is 1. The van der Waals surface area contributed by atoms with Gasteiger partial charge in [0.1, 0.15) is 0 Å². The van der Waals surface area contributed by atoms with Gasteiger partial charge in [-0.15, -0.1) is 0 Å². The first kappa shape index (κ1) is 19.9. The number of ether oxygens (including phenoxy) is 1. The van der Waals surface area contributed by atoms with Gasteiger partial charge < -0.3 is 20.5 Å². The molecule has 0 saturated heterocycles. The summed E-state index contributed by atoms with van der Waals surface area (Å²) >= 11 is 0. The fourth-order valence-corrected chi connectivity index (χ4v) is 3.23. The number of amides is 2. The summed E-state index contributed by atoms with van der Waals surface area (Å²) in [4.78, 5) is 35.6. The van der Waals surface area contributed by atoms with Crippen LogP contribution in [0.5, 0.6) is 0 Å². The second-order valence-electron chi connectivity index (χ2n) is 6.80. The first-order chi connectivity index (χ1) is 12.4. The minimum Gasteiger partial charge on any atom is -0.478 e. The molecule has 1 aromatic rings. The lowest BCUT2D eigenvalue weighted by Gasteiger charge is -2.17. The lowest BCUT2D eigenvalue weighted by molar-refractivity contribution is -0.125. The third kappa shape index (κ3) is 5.84. The fourth-order valence-electron chi connectivity index (χ4n) is 3.23. The number of hydrogen-bond donors (Lipinski definition) is 3. The molecule has 0 aromatic heterocycles. The van der Waals surface area contributed by atoms with Crippen molar-refractivity contribution in [1.82, 2.24) is 5.32 Å². The largest absolute Gasteiger partial charge is 0.478 e. The Morgan fingerprint density at radius 1 is 1.23 bits per heavy atom. The Morgan fingerprint density at radius 2 is 1.92 bits per heavy atom. The van der Waals surface area contributed by atoms with Crippen LogP contribution < -0.4 is 10.6 Å². The maximum absolute atomic E-state index is 12.2. The number of nitrogens with one attached hydrogen (secondary N) is 2. The van der Waals surface area contributed by atoms with Crippen LogP contribution in [0.25, 0.3) is 0 Å². The minimum atomic E-state index is -1.07. The molecule has 1 aromatic carbocycles. The van der Waals surface area contributed by atoms with E-state index in [1.54, 1.807) is 13.0 Å². The second-order valence-corrected chi connectivity index (χ2v) is 6.80. The number of methoxy groups -OCH3 is 1. The molecule has 1 fully saturated rings. The van der Waals surface area contributed by atoms with Crippen LogP contribution in [0.15, 0.2) is 18.2 Å². The molecule has 7 nitrogen and oxygen atoms in total. The van der Waals surface area contributed by atoms with Crippen LogP contribution in [0.1, 0.15) is 54.9 Å². The van der Waals surface area contributed by atoms with Crippen LogP contribution in [0.3, 0.4) is 0 Å². The molecule has 0 aliphatic heterocycles. The number of anilines is 1. The van der Waals surface area contributed by atoms with E-state index in [9.17, 15) is 19.5 Å². The SMILES string of the molecule is COCc1cc(NC(=O)CC(C)NC(=O)C2CCCC2)cc(C(=O)O)c1. The van der Waals surface area contributed by atoms with E-state index in [1.807, 2.05) is 0 Å². The molecule has 1 unspecified atom stereocenters. The number of carbonyl (C=O) groups is 3. The molecule has 1 aliphatic rings. The van der Waals surface area contributed by atoms with Crippen LogP contribution in [0.4, 0.5) is 5.69 Å². The van der Waals surface area contributed by atoms with Crippen molar-refractivity contribution in [2.45, 2.75) is 51.7 Å². The number of hydrogen-bond acceptors (Lipinski definition) is 4. The summed E-state index contributed by atoms with van der Waals surface area (Å²) in [7, 11) is 1.51. The van der Waals surface area contributed by atoms with Gasteiger partial charge in [0, 0.05) is 31.2 Å².